The summed E-state index contributed by atoms with van der Waals surface area (Å²) in [6.45, 7) is 6.43. The van der Waals surface area contributed by atoms with Gasteiger partial charge in [0.15, 0.2) is 0 Å². The van der Waals surface area contributed by atoms with Crippen LogP contribution in [0.5, 0.6) is 0 Å². The van der Waals surface area contributed by atoms with Crippen molar-refractivity contribution in [3.63, 3.8) is 0 Å². The van der Waals surface area contributed by atoms with Crippen molar-refractivity contribution in [1.29, 1.82) is 0 Å². The number of aryl methyl sites for hydroxylation is 1. The van der Waals surface area contributed by atoms with E-state index in [2.05, 4.69) is 49.5 Å². The fraction of sp³-hybridized carbons (Fsp3) is 0.471. The number of unbranched alkanes of at least 4 members (excludes halogenated alkanes) is 1. The van der Waals surface area contributed by atoms with Crippen molar-refractivity contribution in [3.8, 4) is 11.3 Å². The van der Waals surface area contributed by atoms with Crippen LogP contribution in [0.25, 0.3) is 11.3 Å². The van der Waals surface area contributed by atoms with E-state index in [1.165, 1.54) is 40.4 Å². The zero-order valence-electron chi connectivity index (χ0n) is 12.5. The quantitative estimate of drug-likeness (QED) is 0.715. The lowest BCUT2D eigenvalue weighted by atomic mass is 10.1. The number of rotatable bonds is 8. The standard InChI is InChI=1S/C17H24N2S/c1-3-5-11-16-19-17(14-9-7-6-8-10-14)15(20-16)13-18-12-4-2/h6-10,18H,3-5,11-13H2,1-2H3. The highest BCUT2D eigenvalue weighted by atomic mass is 32.1. The van der Waals surface area contributed by atoms with Gasteiger partial charge in [-0.05, 0) is 25.8 Å². The lowest BCUT2D eigenvalue weighted by Crippen LogP contribution is -2.13. The third-order valence-electron chi connectivity index (χ3n) is 3.25. The Morgan fingerprint density at radius 2 is 1.90 bits per heavy atom. The van der Waals surface area contributed by atoms with Gasteiger partial charge in [-0.15, -0.1) is 11.3 Å². The van der Waals surface area contributed by atoms with Gasteiger partial charge in [-0.2, -0.15) is 0 Å². The molecule has 0 amide bonds. The molecule has 0 unspecified atom stereocenters. The van der Waals surface area contributed by atoms with Crippen LogP contribution in [0.3, 0.4) is 0 Å². The highest BCUT2D eigenvalue weighted by molar-refractivity contribution is 7.12. The van der Waals surface area contributed by atoms with E-state index in [4.69, 9.17) is 4.98 Å². The molecular formula is C17H24N2S. The molecule has 0 saturated carbocycles. The molecule has 2 rings (SSSR count). The number of benzene rings is 1. The Kier molecular flexibility index (Phi) is 6.22. The summed E-state index contributed by atoms with van der Waals surface area (Å²) in [7, 11) is 0. The van der Waals surface area contributed by atoms with Gasteiger partial charge in [0.05, 0.1) is 10.7 Å². The Morgan fingerprint density at radius 1 is 1.10 bits per heavy atom. The fourth-order valence-corrected chi connectivity index (χ4v) is 3.26. The smallest absolute Gasteiger partial charge is 0.0935 e. The SMILES string of the molecule is CCCCc1nc(-c2ccccc2)c(CNCCC)s1. The first-order valence-corrected chi connectivity index (χ1v) is 8.41. The molecule has 3 heteroatoms. The molecule has 0 atom stereocenters. The van der Waals surface area contributed by atoms with E-state index in [0.29, 0.717) is 0 Å². The van der Waals surface area contributed by atoms with Crippen LogP contribution in [0.1, 0.15) is 43.0 Å². The van der Waals surface area contributed by atoms with Crippen LogP contribution < -0.4 is 5.32 Å². The van der Waals surface area contributed by atoms with Crippen LogP contribution in [0.2, 0.25) is 0 Å². The minimum absolute atomic E-state index is 0.932. The van der Waals surface area contributed by atoms with Crippen molar-refractivity contribution < 1.29 is 0 Å². The topological polar surface area (TPSA) is 24.9 Å². The molecule has 20 heavy (non-hydrogen) atoms. The van der Waals surface area contributed by atoms with E-state index in [1.54, 1.807) is 0 Å². The summed E-state index contributed by atoms with van der Waals surface area (Å²) in [6.07, 6.45) is 4.73. The number of hydrogen-bond donors (Lipinski definition) is 1. The molecule has 2 nitrogen and oxygen atoms in total. The monoisotopic (exact) mass is 288 g/mol. The van der Waals surface area contributed by atoms with E-state index in [1.807, 2.05) is 11.3 Å². The van der Waals surface area contributed by atoms with Gasteiger partial charge < -0.3 is 5.32 Å². The molecule has 1 aromatic heterocycles. The van der Waals surface area contributed by atoms with Crippen molar-refractivity contribution in [2.24, 2.45) is 0 Å². The average molecular weight is 288 g/mol. The second kappa shape index (κ2) is 8.18. The highest BCUT2D eigenvalue weighted by Gasteiger charge is 2.12. The first kappa shape index (κ1) is 15.2. The molecule has 0 aliphatic heterocycles. The summed E-state index contributed by atoms with van der Waals surface area (Å²) in [4.78, 5) is 6.25. The van der Waals surface area contributed by atoms with Crippen LogP contribution in [-0.2, 0) is 13.0 Å². The number of thiazole rings is 1. The molecule has 1 heterocycles. The Hall–Kier alpha value is -1.19. The number of nitrogens with zero attached hydrogens (tertiary/aromatic N) is 1. The Balaban J connectivity index is 2.20. The van der Waals surface area contributed by atoms with Crippen molar-refractivity contribution >= 4 is 11.3 Å². The molecule has 1 aromatic carbocycles. The first-order valence-electron chi connectivity index (χ1n) is 7.59. The lowest BCUT2D eigenvalue weighted by Gasteiger charge is -2.03. The Bertz CT molecular complexity index is 505. The normalized spacial score (nSPS) is 10.9. The second-order valence-corrected chi connectivity index (χ2v) is 6.19. The van der Waals surface area contributed by atoms with E-state index >= 15 is 0 Å². The third kappa shape index (κ3) is 4.15. The van der Waals surface area contributed by atoms with Crippen molar-refractivity contribution in [2.45, 2.75) is 46.1 Å². The Morgan fingerprint density at radius 3 is 2.60 bits per heavy atom. The number of aromatic nitrogens is 1. The van der Waals surface area contributed by atoms with E-state index in [0.717, 1.165) is 19.5 Å². The molecular weight excluding hydrogens is 264 g/mol. The Labute approximate surface area is 126 Å². The first-order chi connectivity index (χ1) is 9.85. The molecule has 0 saturated heterocycles. The van der Waals surface area contributed by atoms with Crippen molar-refractivity contribution in [1.82, 2.24) is 10.3 Å². The van der Waals surface area contributed by atoms with Gasteiger partial charge in [0.25, 0.3) is 0 Å². The maximum atomic E-state index is 4.88. The summed E-state index contributed by atoms with van der Waals surface area (Å²) < 4.78 is 0. The van der Waals surface area contributed by atoms with Gasteiger partial charge in [0.1, 0.15) is 0 Å². The highest BCUT2D eigenvalue weighted by Crippen LogP contribution is 2.29. The predicted molar refractivity (Wildman–Crippen MR) is 88.2 cm³/mol. The molecule has 0 aliphatic carbocycles. The maximum absolute atomic E-state index is 4.88. The predicted octanol–water partition coefficient (Wildman–Crippen LogP) is 4.65. The summed E-state index contributed by atoms with van der Waals surface area (Å²) >= 11 is 1.87. The van der Waals surface area contributed by atoms with Gasteiger partial charge >= 0.3 is 0 Å². The minimum atomic E-state index is 0.932. The third-order valence-corrected chi connectivity index (χ3v) is 4.36. The van der Waals surface area contributed by atoms with Gasteiger partial charge in [-0.3, -0.25) is 0 Å². The van der Waals surface area contributed by atoms with Gasteiger partial charge in [0, 0.05) is 17.0 Å². The van der Waals surface area contributed by atoms with Gasteiger partial charge in [-0.25, -0.2) is 4.98 Å². The van der Waals surface area contributed by atoms with Crippen LogP contribution in [0, 0.1) is 0 Å². The van der Waals surface area contributed by atoms with Crippen LogP contribution in [0.4, 0.5) is 0 Å². The van der Waals surface area contributed by atoms with Crippen LogP contribution in [-0.4, -0.2) is 11.5 Å². The van der Waals surface area contributed by atoms with Gasteiger partial charge in [-0.1, -0.05) is 50.6 Å². The summed E-state index contributed by atoms with van der Waals surface area (Å²) in [5, 5.41) is 4.78. The fourth-order valence-electron chi connectivity index (χ4n) is 2.16. The molecule has 0 bridgehead atoms. The van der Waals surface area contributed by atoms with Gasteiger partial charge in [0.2, 0.25) is 0 Å². The number of hydrogen-bond acceptors (Lipinski definition) is 3. The second-order valence-electron chi connectivity index (χ2n) is 5.03. The molecule has 0 aliphatic rings. The van der Waals surface area contributed by atoms with E-state index in [9.17, 15) is 0 Å². The van der Waals surface area contributed by atoms with Crippen LogP contribution >= 0.6 is 11.3 Å². The van der Waals surface area contributed by atoms with Crippen molar-refractivity contribution in [3.05, 3.63) is 40.2 Å². The minimum Gasteiger partial charge on any atom is -0.312 e. The zero-order chi connectivity index (χ0) is 14.2. The zero-order valence-corrected chi connectivity index (χ0v) is 13.3. The molecule has 2 aromatic rings. The largest absolute Gasteiger partial charge is 0.312 e. The molecule has 108 valence electrons. The lowest BCUT2D eigenvalue weighted by molar-refractivity contribution is 0.681. The average Bonchev–Trinajstić information content (AvgIpc) is 2.89. The molecule has 0 spiro atoms. The summed E-state index contributed by atoms with van der Waals surface area (Å²) in [5.41, 5.74) is 2.41. The molecule has 1 N–H and O–H groups in total. The van der Waals surface area contributed by atoms with Crippen molar-refractivity contribution in [2.75, 3.05) is 6.54 Å². The van der Waals surface area contributed by atoms with E-state index in [-0.39, 0.29) is 0 Å². The maximum Gasteiger partial charge on any atom is 0.0935 e. The van der Waals surface area contributed by atoms with Crippen LogP contribution in [0.15, 0.2) is 30.3 Å². The summed E-state index contributed by atoms with van der Waals surface area (Å²) in [5.74, 6) is 0. The molecule has 0 fully saturated rings. The number of nitrogens with one attached hydrogen (secondary N) is 1. The summed E-state index contributed by atoms with van der Waals surface area (Å²) in [6, 6.07) is 10.5. The van der Waals surface area contributed by atoms with E-state index < -0.39 is 0 Å². The molecule has 0 radical (unpaired) electrons.